The second-order valence-electron chi connectivity index (χ2n) is 3.35. The van der Waals surface area contributed by atoms with Gasteiger partial charge in [0.25, 0.3) is 0 Å². The van der Waals surface area contributed by atoms with Gasteiger partial charge in [0.15, 0.2) is 11.5 Å². The molecule has 0 bridgehead atoms. The lowest BCUT2D eigenvalue weighted by atomic mass is 10.2. The maximum Gasteiger partial charge on any atom is 0.404 e. The summed E-state index contributed by atoms with van der Waals surface area (Å²) >= 11 is 0. The first-order chi connectivity index (χ1) is 8.13. The Hall–Kier alpha value is -1.95. The molecule has 0 heterocycles. The standard InChI is InChI=1S/C11H16N2O4/c1-16-10-3-2-8(6-9(10)14)7-13-4-5-17-11(12)15/h2-3,6,13-14H,4-5,7H2,1H3,(H2,12,15). The highest BCUT2D eigenvalue weighted by molar-refractivity contribution is 5.64. The average molecular weight is 240 g/mol. The number of methoxy groups -OCH3 is 1. The van der Waals surface area contributed by atoms with Crippen molar-refractivity contribution in [3.8, 4) is 11.5 Å². The number of primary amides is 1. The quantitative estimate of drug-likeness (QED) is 0.632. The molecule has 17 heavy (non-hydrogen) atoms. The summed E-state index contributed by atoms with van der Waals surface area (Å²) in [6, 6.07) is 5.13. The van der Waals surface area contributed by atoms with Crippen molar-refractivity contribution < 1.29 is 19.4 Å². The number of phenols is 1. The highest BCUT2D eigenvalue weighted by Gasteiger charge is 2.02. The number of nitrogens with two attached hydrogens (primary N) is 1. The zero-order valence-electron chi connectivity index (χ0n) is 9.60. The van der Waals surface area contributed by atoms with E-state index in [0.29, 0.717) is 18.8 Å². The molecule has 1 amide bonds. The molecule has 0 saturated heterocycles. The van der Waals surface area contributed by atoms with Crippen LogP contribution < -0.4 is 15.8 Å². The normalized spacial score (nSPS) is 9.94. The number of aromatic hydroxyl groups is 1. The first-order valence-electron chi connectivity index (χ1n) is 5.12. The minimum atomic E-state index is -0.783. The second-order valence-corrected chi connectivity index (χ2v) is 3.35. The van der Waals surface area contributed by atoms with E-state index < -0.39 is 6.09 Å². The first-order valence-corrected chi connectivity index (χ1v) is 5.12. The number of hydrogen-bond acceptors (Lipinski definition) is 5. The summed E-state index contributed by atoms with van der Waals surface area (Å²) in [5, 5.41) is 12.6. The molecule has 0 aliphatic rings. The molecule has 1 aromatic rings. The van der Waals surface area contributed by atoms with Crippen LogP contribution in [-0.4, -0.2) is 31.5 Å². The summed E-state index contributed by atoms with van der Waals surface area (Å²) in [6.45, 7) is 1.27. The molecule has 94 valence electrons. The molecule has 6 nitrogen and oxygen atoms in total. The van der Waals surface area contributed by atoms with Gasteiger partial charge in [0, 0.05) is 13.1 Å². The number of benzene rings is 1. The van der Waals surface area contributed by atoms with Gasteiger partial charge in [-0.1, -0.05) is 6.07 Å². The Morgan fingerprint density at radius 1 is 1.53 bits per heavy atom. The summed E-state index contributed by atoms with van der Waals surface area (Å²) in [4.78, 5) is 10.3. The number of nitrogens with one attached hydrogen (secondary N) is 1. The highest BCUT2D eigenvalue weighted by atomic mass is 16.5. The molecule has 0 saturated carbocycles. The highest BCUT2D eigenvalue weighted by Crippen LogP contribution is 2.25. The number of ether oxygens (including phenoxy) is 2. The van der Waals surface area contributed by atoms with Gasteiger partial charge in [-0.15, -0.1) is 0 Å². The van der Waals surface area contributed by atoms with E-state index in [4.69, 9.17) is 10.5 Å². The zero-order valence-corrected chi connectivity index (χ0v) is 9.60. The van der Waals surface area contributed by atoms with Gasteiger partial charge >= 0.3 is 6.09 Å². The largest absolute Gasteiger partial charge is 0.504 e. The van der Waals surface area contributed by atoms with E-state index in [2.05, 4.69) is 10.1 Å². The van der Waals surface area contributed by atoms with Gasteiger partial charge in [-0.3, -0.25) is 0 Å². The Labute approximate surface area is 99.3 Å². The van der Waals surface area contributed by atoms with E-state index in [9.17, 15) is 9.90 Å². The number of carbonyl (C=O) groups excluding carboxylic acids is 1. The maximum atomic E-state index is 10.3. The van der Waals surface area contributed by atoms with Crippen molar-refractivity contribution in [3.63, 3.8) is 0 Å². The van der Waals surface area contributed by atoms with Crippen LogP contribution in [0.1, 0.15) is 5.56 Å². The number of phenolic OH excluding ortho intramolecular Hbond substituents is 1. The van der Waals surface area contributed by atoms with Gasteiger partial charge in [-0.2, -0.15) is 0 Å². The monoisotopic (exact) mass is 240 g/mol. The van der Waals surface area contributed by atoms with Crippen LogP contribution in [-0.2, 0) is 11.3 Å². The smallest absolute Gasteiger partial charge is 0.404 e. The van der Waals surface area contributed by atoms with Gasteiger partial charge in [0.2, 0.25) is 0 Å². The lowest BCUT2D eigenvalue weighted by Crippen LogP contribution is -2.23. The molecule has 1 rings (SSSR count). The molecular formula is C11H16N2O4. The fraction of sp³-hybridized carbons (Fsp3) is 0.364. The summed E-state index contributed by atoms with van der Waals surface area (Å²) in [5.74, 6) is 0.533. The van der Waals surface area contributed by atoms with Crippen molar-refractivity contribution in [1.82, 2.24) is 5.32 Å². The van der Waals surface area contributed by atoms with Crippen LogP contribution in [0.15, 0.2) is 18.2 Å². The lowest BCUT2D eigenvalue weighted by Gasteiger charge is -2.07. The first kappa shape index (κ1) is 13.1. The molecule has 4 N–H and O–H groups in total. The van der Waals surface area contributed by atoms with E-state index in [0.717, 1.165) is 5.56 Å². The molecule has 0 aliphatic heterocycles. The Kier molecular flexibility index (Phi) is 5.09. The SMILES string of the molecule is COc1ccc(CNCCOC(N)=O)cc1O. The third-order valence-electron chi connectivity index (χ3n) is 2.10. The fourth-order valence-electron chi connectivity index (χ4n) is 1.30. The van der Waals surface area contributed by atoms with Crippen LogP contribution in [0.5, 0.6) is 11.5 Å². The molecule has 0 radical (unpaired) electrons. The van der Waals surface area contributed by atoms with E-state index in [-0.39, 0.29) is 12.4 Å². The molecule has 0 aromatic heterocycles. The molecule has 0 fully saturated rings. The van der Waals surface area contributed by atoms with Crippen molar-refractivity contribution in [2.75, 3.05) is 20.3 Å². The van der Waals surface area contributed by atoms with E-state index >= 15 is 0 Å². The topological polar surface area (TPSA) is 93.8 Å². The van der Waals surface area contributed by atoms with Crippen molar-refractivity contribution in [3.05, 3.63) is 23.8 Å². The Bertz CT molecular complexity index is 382. The Morgan fingerprint density at radius 2 is 2.29 bits per heavy atom. The Balaban J connectivity index is 2.32. The molecule has 0 spiro atoms. The van der Waals surface area contributed by atoms with Crippen LogP contribution in [0, 0.1) is 0 Å². The van der Waals surface area contributed by atoms with E-state index in [1.54, 1.807) is 12.1 Å². The summed E-state index contributed by atoms with van der Waals surface area (Å²) in [7, 11) is 1.49. The van der Waals surface area contributed by atoms with Crippen LogP contribution >= 0.6 is 0 Å². The lowest BCUT2D eigenvalue weighted by molar-refractivity contribution is 0.157. The molecule has 0 aliphatic carbocycles. The van der Waals surface area contributed by atoms with Gasteiger partial charge in [0.05, 0.1) is 7.11 Å². The predicted molar refractivity (Wildman–Crippen MR) is 61.9 cm³/mol. The average Bonchev–Trinajstić information content (AvgIpc) is 2.28. The second kappa shape index (κ2) is 6.59. The molecule has 0 unspecified atom stereocenters. The van der Waals surface area contributed by atoms with Crippen LogP contribution in [0.25, 0.3) is 0 Å². The molecule has 1 aromatic carbocycles. The third kappa shape index (κ3) is 4.60. The van der Waals surface area contributed by atoms with Crippen molar-refractivity contribution >= 4 is 6.09 Å². The summed E-state index contributed by atoms with van der Waals surface area (Å²) in [6.07, 6.45) is -0.783. The maximum absolute atomic E-state index is 10.3. The number of hydrogen-bond donors (Lipinski definition) is 3. The molecule has 0 atom stereocenters. The minimum Gasteiger partial charge on any atom is -0.504 e. The fourth-order valence-corrected chi connectivity index (χ4v) is 1.30. The summed E-state index contributed by atoms with van der Waals surface area (Å²) in [5.41, 5.74) is 5.71. The van der Waals surface area contributed by atoms with E-state index in [1.807, 2.05) is 6.07 Å². The van der Waals surface area contributed by atoms with Gasteiger partial charge in [-0.05, 0) is 17.7 Å². The van der Waals surface area contributed by atoms with Gasteiger partial charge in [-0.25, -0.2) is 4.79 Å². The van der Waals surface area contributed by atoms with Gasteiger partial charge < -0.3 is 25.6 Å². The number of carbonyl (C=O) groups is 1. The van der Waals surface area contributed by atoms with Crippen molar-refractivity contribution in [2.45, 2.75) is 6.54 Å². The Morgan fingerprint density at radius 3 is 2.88 bits per heavy atom. The predicted octanol–water partition coefficient (Wildman–Crippen LogP) is 0.586. The van der Waals surface area contributed by atoms with Crippen LogP contribution in [0.3, 0.4) is 0 Å². The zero-order chi connectivity index (χ0) is 12.7. The molecule has 6 heteroatoms. The summed E-state index contributed by atoms with van der Waals surface area (Å²) < 4.78 is 9.47. The van der Waals surface area contributed by atoms with Crippen molar-refractivity contribution in [2.24, 2.45) is 5.73 Å². The van der Waals surface area contributed by atoms with Crippen LogP contribution in [0.4, 0.5) is 4.79 Å². The van der Waals surface area contributed by atoms with Crippen molar-refractivity contribution in [1.29, 1.82) is 0 Å². The number of amides is 1. The van der Waals surface area contributed by atoms with E-state index in [1.165, 1.54) is 7.11 Å². The number of rotatable bonds is 6. The van der Waals surface area contributed by atoms with Gasteiger partial charge in [0.1, 0.15) is 6.61 Å². The third-order valence-corrected chi connectivity index (χ3v) is 2.10. The molecular weight excluding hydrogens is 224 g/mol. The minimum absolute atomic E-state index is 0.0974. The van der Waals surface area contributed by atoms with Crippen LogP contribution in [0.2, 0.25) is 0 Å².